The van der Waals surface area contributed by atoms with Gasteiger partial charge < -0.3 is 14.7 Å². The molecule has 2 aromatic heterocycles. The van der Waals surface area contributed by atoms with Crippen molar-refractivity contribution in [1.82, 2.24) is 9.58 Å². The standard InChI is InChI=1S/C26H27F2N3O5S/c1-2-9-36-10-8-29-16-30(13-17-7-11-37-15-17)31-14-20(24(33)25(34)23(31)26(29)35)22(32)6-4-18-3-5-19(27)12-21(18)28/h3,5,7,11-12,14-15,34H,2,4,6,8-10,13,16H2,1H3. The van der Waals surface area contributed by atoms with Gasteiger partial charge in [0.15, 0.2) is 17.2 Å². The summed E-state index contributed by atoms with van der Waals surface area (Å²) < 4.78 is 34.0. The van der Waals surface area contributed by atoms with E-state index in [9.17, 15) is 28.3 Å². The van der Waals surface area contributed by atoms with E-state index in [-0.39, 0.29) is 42.9 Å². The molecule has 3 aromatic rings. The van der Waals surface area contributed by atoms with Crippen LogP contribution in [0.5, 0.6) is 5.75 Å². The van der Waals surface area contributed by atoms with Crippen LogP contribution in [0.1, 0.15) is 51.7 Å². The number of carbonyl (C=O) groups is 2. The van der Waals surface area contributed by atoms with Crippen molar-refractivity contribution in [3.8, 4) is 5.75 Å². The Morgan fingerprint density at radius 1 is 1.19 bits per heavy atom. The third-order valence-corrected chi connectivity index (χ3v) is 6.76. The predicted molar refractivity (Wildman–Crippen MR) is 135 cm³/mol. The van der Waals surface area contributed by atoms with E-state index in [0.717, 1.165) is 24.1 Å². The second-order valence-electron chi connectivity index (χ2n) is 8.69. The molecular formula is C26H27F2N3O5S. The molecule has 196 valence electrons. The Balaban J connectivity index is 1.64. The van der Waals surface area contributed by atoms with E-state index in [1.807, 2.05) is 23.8 Å². The largest absolute Gasteiger partial charge is 0.502 e. The number of hydrogen-bond donors (Lipinski definition) is 1. The molecule has 1 aromatic carbocycles. The summed E-state index contributed by atoms with van der Waals surface area (Å²) in [5.74, 6) is -3.51. The van der Waals surface area contributed by atoms with Gasteiger partial charge in [0.25, 0.3) is 5.91 Å². The summed E-state index contributed by atoms with van der Waals surface area (Å²) in [6.07, 6.45) is 1.80. The maximum absolute atomic E-state index is 14.0. The van der Waals surface area contributed by atoms with Gasteiger partial charge in [0.05, 0.1) is 18.7 Å². The van der Waals surface area contributed by atoms with Crippen LogP contribution in [-0.2, 0) is 17.7 Å². The Morgan fingerprint density at radius 3 is 2.70 bits per heavy atom. The topological polar surface area (TPSA) is 92.1 Å². The first-order valence-corrected chi connectivity index (χ1v) is 12.8. The summed E-state index contributed by atoms with van der Waals surface area (Å²) >= 11 is 1.51. The van der Waals surface area contributed by atoms with E-state index in [4.69, 9.17) is 4.74 Å². The molecule has 3 heterocycles. The van der Waals surface area contributed by atoms with Crippen molar-refractivity contribution in [2.45, 2.75) is 32.7 Å². The number of hydrogen-bond acceptors (Lipinski definition) is 7. The molecule has 0 unspecified atom stereocenters. The van der Waals surface area contributed by atoms with Gasteiger partial charge in [-0.25, -0.2) is 8.78 Å². The van der Waals surface area contributed by atoms with Gasteiger partial charge >= 0.3 is 0 Å². The fraction of sp³-hybridized carbons (Fsp3) is 0.346. The summed E-state index contributed by atoms with van der Waals surface area (Å²) in [5, 5.41) is 16.4. The lowest BCUT2D eigenvalue weighted by Gasteiger charge is -2.39. The number of halogens is 2. The highest BCUT2D eigenvalue weighted by atomic mass is 32.1. The van der Waals surface area contributed by atoms with Crippen LogP contribution < -0.4 is 10.4 Å². The molecule has 37 heavy (non-hydrogen) atoms. The minimum atomic E-state index is -0.969. The molecule has 0 fully saturated rings. The van der Waals surface area contributed by atoms with Crippen molar-refractivity contribution in [2.24, 2.45) is 0 Å². The highest BCUT2D eigenvalue weighted by Gasteiger charge is 2.34. The van der Waals surface area contributed by atoms with Crippen LogP contribution in [0.25, 0.3) is 0 Å². The zero-order valence-corrected chi connectivity index (χ0v) is 21.1. The lowest BCUT2D eigenvalue weighted by Crippen LogP contribution is -2.54. The molecule has 0 spiro atoms. The molecule has 4 rings (SSSR count). The summed E-state index contributed by atoms with van der Waals surface area (Å²) in [5.41, 5.74) is -0.434. The third kappa shape index (κ3) is 5.89. The average molecular weight is 532 g/mol. The summed E-state index contributed by atoms with van der Waals surface area (Å²) in [6, 6.07) is 4.98. The van der Waals surface area contributed by atoms with Crippen molar-refractivity contribution < 1.29 is 28.2 Å². The lowest BCUT2D eigenvalue weighted by atomic mass is 10.0. The summed E-state index contributed by atoms with van der Waals surface area (Å²) in [4.78, 5) is 40.6. The maximum atomic E-state index is 14.0. The number of ether oxygens (including phenoxy) is 1. The SMILES string of the molecule is CCCOCCN1CN(Cc2ccsc2)n2cc(C(=O)CCc3ccc(F)cc3F)c(=O)c(O)c2C1=O. The molecule has 8 nitrogen and oxygen atoms in total. The van der Waals surface area contributed by atoms with E-state index in [1.165, 1.54) is 33.2 Å². The number of ketones is 1. The van der Waals surface area contributed by atoms with E-state index < -0.39 is 34.5 Å². The number of aromatic nitrogens is 1. The Hall–Kier alpha value is -3.57. The molecule has 1 aliphatic heterocycles. The number of nitrogens with zero attached hydrogens (tertiary/aromatic N) is 3. The van der Waals surface area contributed by atoms with E-state index in [0.29, 0.717) is 19.8 Å². The number of aromatic hydroxyl groups is 1. The smallest absolute Gasteiger partial charge is 0.277 e. The Bertz CT molecular complexity index is 1340. The summed E-state index contributed by atoms with van der Waals surface area (Å²) in [6.45, 7) is 3.59. The number of carbonyl (C=O) groups excluding carboxylic acids is 2. The highest BCUT2D eigenvalue weighted by Crippen LogP contribution is 2.24. The van der Waals surface area contributed by atoms with E-state index >= 15 is 0 Å². The van der Waals surface area contributed by atoms with Crippen LogP contribution >= 0.6 is 11.3 Å². The summed E-state index contributed by atoms with van der Waals surface area (Å²) in [7, 11) is 0. The normalized spacial score (nSPS) is 13.2. The number of fused-ring (bicyclic) bond motifs is 1. The van der Waals surface area contributed by atoms with Crippen LogP contribution in [0, 0.1) is 11.6 Å². The number of rotatable bonds is 11. The number of Topliss-reactive ketones (excluding diaryl/α,β-unsaturated/α-hetero) is 1. The minimum absolute atomic E-state index is 0.0595. The van der Waals surface area contributed by atoms with Gasteiger partial charge in [-0.2, -0.15) is 11.3 Å². The lowest BCUT2D eigenvalue weighted by molar-refractivity contribution is 0.0569. The van der Waals surface area contributed by atoms with Crippen LogP contribution in [-0.4, -0.2) is 52.8 Å². The van der Waals surface area contributed by atoms with Crippen LogP contribution in [0.2, 0.25) is 0 Å². The van der Waals surface area contributed by atoms with Crippen molar-refractivity contribution in [2.75, 3.05) is 31.4 Å². The van der Waals surface area contributed by atoms with Crippen LogP contribution in [0.4, 0.5) is 8.78 Å². The van der Waals surface area contributed by atoms with E-state index in [2.05, 4.69) is 0 Å². The molecule has 0 bridgehead atoms. The van der Waals surface area contributed by atoms with Crippen molar-refractivity contribution >= 4 is 23.0 Å². The van der Waals surface area contributed by atoms with Gasteiger partial charge in [0, 0.05) is 31.8 Å². The fourth-order valence-electron chi connectivity index (χ4n) is 4.11. The minimum Gasteiger partial charge on any atom is -0.502 e. The van der Waals surface area contributed by atoms with Gasteiger partial charge in [-0.3, -0.25) is 24.1 Å². The van der Waals surface area contributed by atoms with Gasteiger partial charge in [-0.05, 0) is 46.9 Å². The van der Waals surface area contributed by atoms with Gasteiger partial charge in [-0.1, -0.05) is 13.0 Å². The molecule has 1 aliphatic rings. The second kappa shape index (κ2) is 11.7. The fourth-order valence-corrected chi connectivity index (χ4v) is 4.77. The molecule has 0 saturated heterocycles. The van der Waals surface area contributed by atoms with Crippen LogP contribution in [0.3, 0.4) is 0 Å². The molecular weight excluding hydrogens is 504 g/mol. The average Bonchev–Trinajstić information content (AvgIpc) is 3.38. The molecule has 0 saturated carbocycles. The first-order chi connectivity index (χ1) is 17.8. The molecule has 1 amide bonds. The van der Waals surface area contributed by atoms with Crippen LogP contribution in [0.15, 0.2) is 46.0 Å². The first-order valence-electron chi connectivity index (χ1n) is 11.9. The zero-order chi connectivity index (χ0) is 26.5. The van der Waals surface area contributed by atoms with Gasteiger partial charge in [-0.15, -0.1) is 0 Å². The van der Waals surface area contributed by atoms with Gasteiger partial charge in [0.2, 0.25) is 5.43 Å². The second-order valence-corrected chi connectivity index (χ2v) is 9.47. The molecule has 0 atom stereocenters. The zero-order valence-electron chi connectivity index (χ0n) is 20.3. The molecule has 11 heteroatoms. The predicted octanol–water partition coefficient (Wildman–Crippen LogP) is 3.69. The Morgan fingerprint density at radius 2 is 2.00 bits per heavy atom. The number of thiophene rings is 1. The monoisotopic (exact) mass is 531 g/mol. The Labute approximate surface area is 216 Å². The molecule has 1 N–H and O–H groups in total. The quantitative estimate of drug-likeness (QED) is 0.300. The first kappa shape index (κ1) is 26.5. The number of amides is 1. The van der Waals surface area contributed by atoms with Crippen molar-refractivity contribution in [1.29, 1.82) is 0 Å². The Kier molecular flexibility index (Phi) is 8.34. The highest BCUT2D eigenvalue weighted by molar-refractivity contribution is 7.07. The maximum Gasteiger partial charge on any atom is 0.277 e. The number of aryl methyl sites for hydroxylation is 1. The van der Waals surface area contributed by atoms with Gasteiger partial charge in [0.1, 0.15) is 18.3 Å². The van der Waals surface area contributed by atoms with E-state index in [1.54, 1.807) is 5.01 Å². The third-order valence-electron chi connectivity index (χ3n) is 6.03. The van der Waals surface area contributed by atoms with Crippen molar-refractivity contribution in [3.63, 3.8) is 0 Å². The molecule has 0 aliphatic carbocycles. The van der Waals surface area contributed by atoms with Crippen molar-refractivity contribution in [3.05, 3.63) is 85.5 Å². The number of pyridine rings is 1. The molecule has 0 radical (unpaired) electrons. The number of benzene rings is 1.